The van der Waals surface area contributed by atoms with Gasteiger partial charge in [-0.25, -0.2) is 4.39 Å². The number of rotatable bonds is 17. The lowest BCUT2D eigenvalue weighted by Crippen LogP contribution is -2.51. The molecule has 0 aromatic carbocycles. The molecular weight excluding hydrogens is 469 g/mol. The van der Waals surface area contributed by atoms with Crippen molar-refractivity contribution >= 4 is 11.8 Å². The van der Waals surface area contributed by atoms with Gasteiger partial charge in [-0.3, -0.25) is 9.59 Å². The second kappa shape index (κ2) is 17.4. The van der Waals surface area contributed by atoms with Gasteiger partial charge in [-0.1, -0.05) is 52.9 Å². The second-order valence-electron chi connectivity index (χ2n) is 11.7. The Kier molecular flexibility index (Phi) is 15.0. The van der Waals surface area contributed by atoms with Gasteiger partial charge in [0.1, 0.15) is 12.7 Å². The standard InChI is InChI=1S/C30H56FN3O3/c1-5-7-8-9-10-11-19-33-29(35)28-26(24-14-16-25(37-4)17-15-24)18-20-34(28)30(36)23(6-2)13-12-22(3)27(32)21-31/h22-28H,5-21,32H2,1-4H3,(H,33,35)/t22-,23-,24-,25-,26+,27-,28+/m1/s1. The van der Waals surface area contributed by atoms with Crippen LogP contribution in [0, 0.1) is 23.7 Å². The van der Waals surface area contributed by atoms with E-state index in [9.17, 15) is 14.0 Å². The van der Waals surface area contributed by atoms with E-state index in [2.05, 4.69) is 12.2 Å². The highest BCUT2D eigenvalue weighted by atomic mass is 19.1. The molecule has 3 N–H and O–H groups in total. The van der Waals surface area contributed by atoms with E-state index in [0.29, 0.717) is 31.5 Å². The van der Waals surface area contributed by atoms with Crippen LogP contribution in [0.2, 0.25) is 0 Å². The van der Waals surface area contributed by atoms with E-state index in [4.69, 9.17) is 10.5 Å². The molecule has 1 heterocycles. The van der Waals surface area contributed by atoms with Crippen LogP contribution < -0.4 is 11.1 Å². The van der Waals surface area contributed by atoms with Crippen LogP contribution in [0.4, 0.5) is 4.39 Å². The summed E-state index contributed by atoms with van der Waals surface area (Å²) in [5.74, 6) is 0.674. The Hall–Kier alpha value is -1.21. The summed E-state index contributed by atoms with van der Waals surface area (Å²) < 4.78 is 18.6. The van der Waals surface area contributed by atoms with Crippen molar-refractivity contribution in [2.24, 2.45) is 29.4 Å². The maximum Gasteiger partial charge on any atom is 0.243 e. The number of nitrogens with two attached hydrogens (primary N) is 1. The van der Waals surface area contributed by atoms with Crippen LogP contribution in [-0.4, -0.2) is 61.8 Å². The third-order valence-corrected chi connectivity index (χ3v) is 9.21. The summed E-state index contributed by atoms with van der Waals surface area (Å²) >= 11 is 0. The molecule has 0 unspecified atom stereocenters. The highest BCUT2D eigenvalue weighted by Gasteiger charge is 2.46. The van der Waals surface area contributed by atoms with Crippen molar-refractivity contribution < 1.29 is 18.7 Å². The molecule has 2 amide bonds. The molecule has 6 nitrogen and oxygen atoms in total. The molecule has 1 saturated heterocycles. The fourth-order valence-electron chi connectivity index (χ4n) is 6.43. The number of amides is 2. The zero-order valence-corrected chi connectivity index (χ0v) is 24.2. The molecule has 0 radical (unpaired) electrons. The van der Waals surface area contributed by atoms with E-state index >= 15 is 0 Å². The Morgan fingerprint density at radius 2 is 1.70 bits per heavy atom. The van der Waals surface area contributed by atoms with Gasteiger partial charge in [0.2, 0.25) is 11.8 Å². The normalized spacial score (nSPS) is 26.6. The van der Waals surface area contributed by atoms with E-state index in [-0.39, 0.29) is 35.6 Å². The summed E-state index contributed by atoms with van der Waals surface area (Å²) in [5, 5.41) is 3.20. The SMILES string of the molecule is CCCCCCCCNC(=O)[C@@H]1[C@H]([C@H]2CC[C@H](OC)CC2)CCN1C(=O)[C@H](CC)CC[C@@H](C)[C@H](N)CF. The molecule has 7 heteroatoms. The lowest BCUT2D eigenvalue weighted by Gasteiger charge is -2.36. The number of hydrogen-bond donors (Lipinski definition) is 2. The highest BCUT2D eigenvalue weighted by molar-refractivity contribution is 5.89. The van der Waals surface area contributed by atoms with Gasteiger partial charge in [0.25, 0.3) is 0 Å². The van der Waals surface area contributed by atoms with Gasteiger partial charge < -0.3 is 20.7 Å². The van der Waals surface area contributed by atoms with Crippen LogP contribution in [0.1, 0.15) is 111 Å². The van der Waals surface area contributed by atoms with E-state index < -0.39 is 12.7 Å². The molecule has 2 fully saturated rings. The molecule has 216 valence electrons. The Morgan fingerprint density at radius 3 is 2.32 bits per heavy atom. The number of likely N-dealkylation sites (tertiary alicyclic amines) is 1. The van der Waals surface area contributed by atoms with E-state index in [1.54, 1.807) is 7.11 Å². The van der Waals surface area contributed by atoms with Crippen LogP contribution in [-0.2, 0) is 14.3 Å². The fraction of sp³-hybridized carbons (Fsp3) is 0.933. The third kappa shape index (κ3) is 9.80. The summed E-state index contributed by atoms with van der Waals surface area (Å²) in [6.45, 7) is 7.01. The van der Waals surface area contributed by atoms with Crippen molar-refractivity contribution in [3.8, 4) is 0 Å². The first-order valence-corrected chi connectivity index (χ1v) is 15.3. The van der Waals surface area contributed by atoms with Gasteiger partial charge in [-0.15, -0.1) is 0 Å². The number of hydrogen-bond acceptors (Lipinski definition) is 4. The Balaban J connectivity index is 2.05. The average molecular weight is 526 g/mol. The van der Waals surface area contributed by atoms with E-state index in [0.717, 1.165) is 57.8 Å². The minimum Gasteiger partial charge on any atom is -0.381 e. The first kappa shape index (κ1) is 32.0. The number of ether oxygens (including phenoxy) is 1. The number of alkyl halides is 1. The van der Waals surface area contributed by atoms with Crippen LogP contribution in [0.25, 0.3) is 0 Å². The van der Waals surface area contributed by atoms with Crippen molar-refractivity contribution in [3.05, 3.63) is 0 Å². The Bertz CT molecular complexity index is 656. The van der Waals surface area contributed by atoms with Crippen LogP contribution in [0.15, 0.2) is 0 Å². The van der Waals surface area contributed by atoms with E-state index in [1.807, 2.05) is 18.7 Å². The van der Waals surface area contributed by atoms with Gasteiger partial charge in [0, 0.05) is 32.2 Å². The predicted octanol–water partition coefficient (Wildman–Crippen LogP) is 5.62. The van der Waals surface area contributed by atoms with Crippen LogP contribution in [0.3, 0.4) is 0 Å². The molecule has 2 rings (SSSR count). The number of nitrogens with one attached hydrogen (secondary N) is 1. The van der Waals surface area contributed by atoms with E-state index in [1.165, 1.54) is 25.7 Å². The second-order valence-corrected chi connectivity index (χ2v) is 11.7. The molecule has 1 aliphatic heterocycles. The zero-order valence-electron chi connectivity index (χ0n) is 24.2. The highest BCUT2D eigenvalue weighted by Crippen LogP contribution is 2.40. The maximum absolute atomic E-state index is 13.8. The number of methoxy groups -OCH3 is 1. The van der Waals surface area contributed by atoms with Gasteiger partial charge in [-0.2, -0.15) is 0 Å². The lowest BCUT2D eigenvalue weighted by atomic mass is 9.75. The van der Waals surface area contributed by atoms with Crippen molar-refractivity contribution in [2.75, 3.05) is 26.9 Å². The Labute approximate surface area is 226 Å². The first-order valence-electron chi connectivity index (χ1n) is 15.3. The quantitative estimate of drug-likeness (QED) is 0.241. The predicted molar refractivity (Wildman–Crippen MR) is 149 cm³/mol. The van der Waals surface area contributed by atoms with Crippen molar-refractivity contribution in [1.82, 2.24) is 10.2 Å². The largest absolute Gasteiger partial charge is 0.381 e. The average Bonchev–Trinajstić information content (AvgIpc) is 3.37. The molecule has 0 aromatic rings. The summed E-state index contributed by atoms with van der Waals surface area (Å²) in [7, 11) is 1.78. The summed E-state index contributed by atoms with van der Waals surface area (Å²) in [6.07, 6.45) is 14.6. The number of carbonyl (C=O) groups is 2. The minimum absolute atomic E-state index is 0.0287. The Morgan fingerprint density at radius 1 is 1.03 bits per heavy atom. The molecular formula is C30H56FN3O3. The number of carbonyl (C=O) groups excluding carboxylic acids is 2. The summed E-state index contributed by atoms with van der Waals surface area (Å²) in [6, 6.07) is -0.859. The van der Waals surface area contributed by atoms with Gasteiger partial charge in [0.05, 0.1) is 6.10 Å². The van der Waals surface area contributed by atoms with Gasteiger partial charge >= 0.3 is 0 Å². The van der Waals surface area contributed by atoms with Gasteiger partial charge in [-0.05, 0) is 75.5 Å². The van der Waals surface area contributed by atoms with Crippen molar-refractivity contribution in [3.63, 3.8) is 0 Å². The smallest absolute Gasteiger partial charge is 0.243 e. The number of halogens is 1. The molecule has 1 aliphatic carbocycles. The summed E-state index contributed by atoms with van der Waals surface area (Å²) in [4.78, 5) is 29.3. The molecule has 0 bridgehead atoms. The molecule has 2 aliphatic rings. The zero-order chi connectivity index (χ0) is 27.2. The number of unbranched alkanes of at least 4 members (excludes halogenated alkanes) is 5. The molecule has 37 heavy (non-hydrogen) atoms. The van der Waals surface area contributed by atoms with Gasteiger partial charge in [0.15, 0.2) is 0 Å². The lowest BCUT2D eigenvalue weighted by molar-refractivity contribution is -0.143. The maximum atomic E-state index is 13.8. The molecule has 1 saturated carbocycles. The van der Waals surface area contributed by atoms with Crippen molar-refractivity contribution in [1.29, 1.82) is 0 Å². The fourth-order valence-corrected chi connectivity index (χ4v) is 6.43. The molecule has 0 aromatic heterocycles. The van der Waals surface area contributed by atoms with Crippen LogP contribution >= 0.6 is 0 Å². The van der Waals surface area contributed by atoms with Crippen LogP contribution in [0.5, 0.6) is 0 Å². The van der Waals surface area contributed by atoms with Crippen molar-refractivity contribution in [2.45, 2.75) is 129 Å². The number of nitrogens with zero attached hydrogens (tertiary/aromatic N) is 1. The first-order chi connectivity index (χ1) is 17.9. The third-order valence-electron chi connectivity index (χ3n) is 9.21. The summed E-state index contributed by atoms with van der Waals surface area (Å²) in [5.41, 5.74) is 5.88. The topological polar surface area (TPSA) is 84.7 Å². The molecule has 0 spiro atoms. The monoisotopic (exact) mass is 525 g/mol. The minimum atomic E-state index is -0.536. The molecule has 5 atom stereocenters.